The number of rotatable bonds is 4. The number of nitrogens with zero attached hydrogens (tertiary/aromatic N) is 2. The van der Waals surface area contributed by atoms with Gasteiger partial charge in [-0.2, -0.15) is 0 Å². The first-order chi connectivity index (χ1) is 7.72. The molecule has 0 aliphatic carbocycles. The van der Waals surface area contributed by atoms with E-state index in [1.807, 2.05) is 12.5 Å². The zero-order chi connectivity index (χ0) is 11.5. The van der Waals surface area contributed by atoms with Gasteiger partial charge in [-0.25, -0.2) is 4.98 Å². The van der Waals surface area contributed by atoms with Crippen molar-refractivity contribution in [1.82, 2.24) is 9.55 Å². The summed E-state index contributed by atoms with van der Waals surface area (Å²) in [6.45, 7) is 2.11. The summed E-state index contributed by atoms with van der Waals surface area (Å²) in [5, 5.41) is 2.08. The van der Waals surface area contributed by atoms with E-state index in [0.717, 1.165) is 10.9 Å². The average molecular weight is 300 g/mol. The summed E-state index contributed by atoms with van der Waals surface area (Å²) in [7, 11) is 0. The Morgan fingerprint density at radius 3 is 2.94 bits per heavy atom. The molecule has 86 valence electrons. The van der Waals surface area contributed by atoms with Gasteiger partial charge < -0.3 is 10.3 Å². The number of halogens is 1. The molecule has 2 N–H and O–H groups in total. The van der Waals surface area contributed by atoms with Gasteiger partial charge in [-0.05, 0) is 28.4 Å². The van der Waals surface area contributed by atoms with E-state index in [4.69, 9.17) is 5.73 Å². The highest BCUT2D eigenvalue weighted by Crippen LogP contribution is 2.30. The fraction of sp³-hybridized carbons (Fsp3) is 0.364. The van der Waals surface area contributed by atoms with Gasteiger partial charge >= 0.3 is 0 Å². The Morgan fingerprint density at radius 1 is 1.62 bits per heavy atom. The summed E-state index contributed by atoms with van der Waals surface area (Å²) in [6.07, 6.45) is 6.53. The van der Waals surface area contributed by atoms with Crippen molar-refractivity contribution in [2.45, 2.75) is 25.4 Å². The minimum Gasteiger partial charge on any atom is -0.328 e. The summed E-state index contributed by atoms with van der Waals surface area (Å²) in [4.78, 5) is 5.36. The van der Waals surface area contributed by atoms with Gasteiger partial charge in [-0.3, -0.25) is 0 Å². The molecule has 2 heterocycles. The number of aromatic nitrogens is 2. The van der Waals surface area contributed by atoms with E-state index in [-0.39, 0.29) is 12.1 Å². The van der Waals surface area contributed by atoms with E-state index in [2.05, 4.69) is 43.9 Å². The molecule has 2 atom stereocenters. The molecule has 0 saturated carbocycles. The zero-order valence-corrected chi connectivity index (χ0v) is 11.4. The Labute approximate surface area is 107 Å². The maximum absolute atomic E-state index is 6.19. The van der Waals surface area contributed by atoms with Crippen LogP contribution in [0.2, 0.25) is 0 Å². The lowest BCUT2D eigenvalue weighted by atomic mass is 10.1. The van der Waals surface area contributed by atoms with Gasteiger partial charge in [0.2, 0.25) is 0 Å². The Balaban J connectivity index is 2.35. The van der Waals surface area contributed by atoms with Crippen molar-refractivity contribution in [3.05, 3.63) is 39.5 Å². The molecule has 0 fully saturated rings. The van der Waals surface area contributed by atoms with Crippen LogP contribution < -0.4 is 5.73 Å². The summed E-state index contributed by atoms with van der Waals surface area (Å²) >= 11 is 5.20. The van der Waals surface area contributed by atoms with Gasteiger partial charge in [0.1, 0.15) is 0 Å². The lowest BCUT2D eigenvalue weighted by molar-refractivity contribution is 0.464. The lowest BCUT2D eigenvalue weighted by Crippen LogP contribution is -2.31. The average Bonchev–Trinajstić information content (AvgIpc) is 2.91. The normalized spacial score (nSPS) is 14.9. The first kappa shape index (κ1) is 11.8. The number of nitrogens with two attached hydrogens (primary N) is 1. The van der Waals surface area contributed by atoms with Crippen LogP contribution in [0, 0.1) is 0 Å². The maximum Gasteiger partial charge on any atom is 0.0952 e. The molecule has 2 rings (SSSR count). The molecule has 0 amide bonds. The molecule has 16 heavy (non-hydrogen) atoms. The van der Waals surface area contributed by atoms with Crippen molar-refractivity contribution in [2.24, 2.45) is 5.73 Å². The van der Waals surface area contributed by atoms with Crippen LogP contribution in [0.15, 0.2) is 34.6 Å². The van der Waals surface area contributed by atoms with E-state index in [0.29, 0.717) is 0 Å². The smallest absolute Gasteiger partial charge is 0.0952 e. The van der Waals surface area contributed by atoms with Crippen LogP contribution in [0.4, 0.5) is 0 Å². The Morgan fingerprint density at radius 2 is 2.44 bits per heavy atom. The zero-order valence-electron chi connectivity index (χ0n) is 9.01. The molecule has 0 spiro atoms. The van der Waals surface area contributed by atoms with Crippen molar-refractivity contribution in [1.29, 1.82) is 0 Å². The van der Waals surface area contributed by atoms with Crippen LogP contribution in [0.5, 0.6) is 0 Å². The highest BCUT2D eigenvalue weighted by Gasteiger charge is 2.21. The molecule has 0 aliphatic heterocycles. The summed E-state index contributed by atoms with van der Waals surface area (Å²) < 4.78 is 3.19. The second-order valence-electron chi connectivity index (χ2n) is 3.69. The van der Waals surface area contributed by atoms with Crippen LogP contribution in [-0.2, 0) is 0 Å². The van der Waals surface area contributed by atoms with Crippen LogP contribution in [0.1, 0.15) is 24.3 Å². The van der Waals surface area contributed by atoms with Gasteiger partial charge in [0.05, 0.1) is 12.4 Å². The van der Waals surface area contributed by atoms with Crippen LogP contribution >= 0.6 is 27.3 Å². The maximum atomic E-state index is 6.19. The SMILES string of the molecule is CCC(N)C(c1cc(Br)cs1)n1ccnc1. The first-order valence-corrected chi connectivity index (χ1v) is 6.86. The molecule has 0 saturated heterocycles. The van der Waals surface area contributed by atoms with Gasteiger partial charge in [0.15, 0.2) is 0 Å². The van der Waals surface area contributed by atoms with Crippen molar-refractivity contribution < 1.29 is 0 Å². The highest BCUT2D eigenvalue weighted by molar-refractivity contribution is 9.10. The Bertz CT molecular complexity index is 438. The monoisotopic (exact) mass is 299 g/mol. The molecule has 0 bridgehead atoms. The van der Waals surface area contributed by atoms with Crippen LogP contribution in [0.3, 0.4) is 0 Å². The van der Waals surface area contributed by atoms with Crippen molar-refractivity contribution in [3.63, 3.8) is 0 Å². The minimum absolute atomic E-state index is 0.111. The molecular formula is C11H14BrN3S. The molecule has 2 unspecified atom stereocenters. The van der Waals surface area contributed by atoms with Gasteiger partial charge in [0, 0.05) is 33.2 Å². The lowest BCUT2D eigenvalue weighted by Gasteiger charge is -2.23. The topological polar surface area (TPSA) is 43.8 Å². The number of hydrogen-bond donors (Lipinski definition) is 1. The fourth-order valence-electron chi connectivity index (χ4n) is 1.72. The molecule has 2 aromatic rings. The van der Waals surface area contributed by atoms with Crippen molar-refractivity contribution >= 4 is 27.3 Å². The molecule has 0 aromatic carbocycles. The predicted molar refractivity (Wildman–Crippen MR) is 70.7 cm³/mol. The van der Waals surface area contributed by atoms with Gasteiger partial charge in [-0.15, -0.1) is 11.3 Å². The van der Waals surface area contributed by atoms with Gasteiger partial charge in [0.25, 0.3) is 0 Å². The van der Waals surface area contributed by atoms with E-state index < -0.39 is 0 Å². The second-order valence-corrected chi connectivity index (χ2v) is 5.55. The molecular weight excluding hydrogens is 286 g/mol. The third kappa shape index (κ3) is 2.36. The quantitative estimate of drug-likeness (QED) is 0.943. The van der Waals surface area contributed by atoms with E-state index >= 15 is 0 Å². The molecule has 0 aliphatic rings. The number of thiophene rings is 1. The highest BCUT2D eigenvalue weighted by atomic mass is 79.9. The van der Waals surface area contributed by atoms with E-state index in [9.17, 15) is 0 Å². The molecule has 0 radical (unpaired) electrons. The molecule has 3 nitrogen and oxygen atoms in total. The predicted octanol–water partition coefficient (Wildman–Crippen LogP) is 3.03. The van der Waals surface area contributed by atoms with Crippen LogP contribution in [0.25, 0.3) is 0 Å². The van der Waals surface area contributed by atoms with E-state index in [1.165, 1.54) is 4.88 Å². The molecule has 5 heteroatoms. The third-order valence-corrected chi connectivity index (χ3v) is 4.37. The largest absolute Gasteiger partial charge is 0.328 e. The van der Waals surface area contributed by atoms with Crippen molar-refractivity contribution in [3.8, 4) is 0 Å². The number of hydrogen-bond acceptors (Lipinski definition) is 3. The molecule has 2 aromatic heterocycles. The Kier molecular flexibility index (Phi) is 3.78. The second kappa shape index (κ2) is 5.12. The number of imidazole rings is 1. The van der Waals surface area contributed by atoms with Crippen molar-refractivity contribution in [2.75, 3.05) is 0 Å². The third-order valence-electron chi connectivity index (χ3n) is 2.60. The summed E-state index contributed by atoms with van der Waals surface area (Å²) in [6, 6.07) is 2.42. The summed E-state index contributed by atoms with van der Waals surface area (Å²) in [5.74, 6) is 0. The van der Waals surface area contributed by atoms with E-state index in [1.54, 1.807) is 17.5 Å². The van der Waals surface area contributed by atoms with Crippen LogP contribution in [-0.4, -0.2) is 15.6 Å². The standard InChI is InChI=1S/C11H14BrN3S/c1-2-9(13)11(15-4-3-14-7-15)10-5-8(12)6-16-10/h3-7,9,11H,2,13H2,1H3. The fourth-order valence-corrected chi connectivity index (χ4v) is 3.35. The first-order valence-electron chi connectivity index (χ1n) is 5.19. The summed E-state index contributed by atoms with van der Waals surface area (Å²) in [5.41, 5.74) is 6.19. The van der Waals surface area contributed by atoms with Gasteiger partial charge in [-0.1, -0.05) is 6.92 Å². The Hall–Kier alpha value is -0.650. The minimum atomic E-state index is 0.111.